The number of halogens is 1. The Morgan fingerprint density at radius 1 is 1.14 bits per heavy atom. The van der Waals surface area contributed by atoms with Crippen molar-refractivity contribution in [3.05, 3.63) is 64.1 Å². The van der Waals surface area contributed by atoms with E-state index in [0.717, 1.165) is 35.2 Å². The molecule has 148 valence electrons. The Morgan fingerprint density at radius 2 is 1.93 bits per heavy atom. The lowest BCUT2D eigenvalue weighted by Crippen LogP contribution is -2.32. The largest absolute Gasteiger partial charge is 0.376 e. The Bertz CT molecular complexity index is 825. The van der Waals surface area contributed by atoms with Crippen LogP contribution in [0.2, 0.25) is 0 Å². The number of carbonyl (C=O) groups excluding carboxylic acids is 2. The van der Waals surface area contributed by atoms with Crippen LogP contribution in [0, 0.1) is 0 Å². The highest BCUT2D eigenvalue weighted by Crippen LogP contribution is 2.22. The summed E-state index contributed by atoms with van der Waals surface area (Å²) in [5, 5.41) is 5.76. The number of thioether (sulfide) groups is 1. The van der Waals surface area contributed by atoms with Gasteiger partial charge in [0.05, 0.1) is 23.1 Å². The van der Waals surface area contributed by atoms with Crippen molar-refractivity contribution in [3.8, 4) is 0 Å². The summed E-state index contributed by atoms with van der Waals surface area (Å²) in [4.78, 5) is 24.8. The maximum Gasteiger partial charge on any atom is 0.253 e. The zero-order valence-electron chi connectivity index (χ0n) is 15.4. The molecule has 3 rings (SSSR count). The first-order chi connectivity index (χ1) is 13.6. The first-order valence-corrected chi connectivity index (χ1v) is 11.2. The summed E-state index contributed by atoms with van der Waals surface area (Å²) in [6.45, 7) is 1.24. The number of nitrogens with one attached hydrogen (secondary N) is 2. The van der Waals surface area contributed by atoms with Crippen LogP contribution in [-0.4, -0.2) is 36.8 Å². The van der Waals surface area contributed by atoms with E-state index in [-0.39, 0.29) is 17.9 Å². The van der Waals surface area contributed by atoms with Crippen LogP contribution in [0.5, 0.6) is 0 Å². The number of rotatable bonds is 8. The molecule has 0 radical (unpaired) electrons. The highest BCUT2D eigenvalue weighted by Gasteiger charge is 2.18. The normalized spacial score (nSPS) is 16.0. The lowest BCUT2D eigenvalue weighted by molar-refractivity contribution is -0.113. The molecular weight excluding hydrogens is 440 g/mol. The third kappa shape index (κ3) is 6.09. The van der Waals surface area contributed by atoms with Gasteiger partial charge < -0.3 is 15.4 Å². The van der Waals surface area contributed by atoms with Crippen LogP contribution >= 0.6 is 27.7 Å². The van der Waals surface area contributed by atoms with Crippen LogP contribution in [0.3, 0.4) is 0 Å². The molecule has 1 aliphatic rings. The number of anilines is 1. The van der Waals surface area contributed by atoms with Crippen molar-refractivity contribution in [3.63, 3.8) is 0 Å². The van der Waals surface area contributed by atoms with E-state index in [1.54, 1.807) is 24.3 Å². The molecule has 0 saturated carbocycles. The predicted molar refractivity (Wildman–Crippen MR) is 117 cm³/mol. The van der Waals surface area contributed by atoms with Gasteiger partial charge in [-0.25, -0.2) is 0 Å². The van der Waals surface area contributed by atoms with Gasteiger partial charge in [0.25, 0.3) is 5.91 Å². The molecule has 0 unspecified atom stereocenters. The van der Waals surface area contributed by atoms with Crippen LogP contribution in [-0.2, 0) is 15.3 Å². The molecule has 2 aromatic rings. The third-order valence-electron chi connectivity index (χ3n) is 4.41. The average molecular weight is 463 g/mol. The molecule has 7 heteroatoms. The number of benzene rings is 2. The maximum absolute atomic E-state index is 12.5. The quantitative estimate of drug-likeness (QED) is 0.615. The van der Waals surface area contributed by atoms with E-state index in [2.05, 4.69) is 26.6 Å². The summed E-state index contributed by atoms with van der Waals surface area (Å²) in [6.07, 6.45) is 2.08. The minimum atomic E-state index is -0.202. The summed E-state index contributed by atoms with van der Waals surface area (Å²) in [7, 11) is 0. The molecule has 2 amide bonds. The van der Waals surface area contributed by atoms with Crippen LogP contribution < -0.4 is 10.6 Å². The third-order valence-corrected chi connectivity index (χ3v) is 6.16. The SMILES string of the molecule is O=C(CSCc1ccccc1Br)Nc1ccccc1C(=O)NC[C@H]1CCCO1. The van der Waals surface area contributed by atoms with E-state index < -0.39 is 0 Å². The summed E-state index contributed by atoms with van der Waals surface area (Å²) in [5.41, 5.74) is 2.14. The Hall–Kier alpha value is -1.83. The van der Waals surface area contributed by atoms with Gasteiger partial charge in [-0.1, -0.05) is 46.3 Å². The molecule has 2 N–H and O–H groups in total. The maximum atomic E-state index is 12.5. The van der Waals surface area contributed by atoms with E-state index in [1.165, 1.54) is 11.8 Å². The molecule has 1 heterocycles. The van der Waals surface area contributed by atoms with Crippen LogP contribution in [0.4, 0.5) is 5.69 Å². The molecule has 28 heavy (non-hydrogen) atoms. The van der Waals surface area contributed by atoms with Crippen molar-refractivity contribution in [2.75, 3.05) is 24.2 Å². The number of ether oxygens (including phenoxy) is 1. The Balaban J connectivity index is 1.51. The standard InChI is InChI=1S/C21H23BrN2O3S/c22-18-9-3-1-6-15(18)13-28-14-20(25)24-19-10-4-2-8-17(19)21(26)23-12-16-7-5-11-27-16/h1-4,6,8-10,16H,5,7,11-14H2,(H,23,26)(H,24,25)/t16-/m1/s1. The second kappa shape index (κ2) is 10.6. The lowest BCUT2D eigenvalue weighted by atomic mass is 10.1. The number of hydrogen-bond donors (Lipinski definition) is 2. The zero-order valence-corrected chi connectivity index (χ0v) is 17.9. The monoisotopic (exact) mass is 462 g/mol. The van der Waals surface area contributed by atoms with E-state index in [9.17, 15) is 9.59 Å². The number of amides is 2. The van der Waals surface area contributed by atoms with E-state index in [1.807, 2.05) is 24.3 Å². The van der Waals surface area contributed by atoms with Gasteiger partial charge in [0.2, 0.25) is 5.91 Å². The fourth-order valence-electron chi connectivity index (χ4n) is 2.95. The number of carbonyl (C=O) groups is 2. The topological polar surface area (TPSA) is 67.4 Å². The van der Waals surface area contributed by atoms with Crippen molar-refractivity contribution in [2.24, 2.45) is 0 Å². The molecule has 0 aliphatic carbocycles. The van der Waals surface area contributed by atoms with Crippen LogP contribution in [0.15, 0.2) is 53.0 Å². The Labute approximate surface area is 177 Å². The minimum absolute atomic E-state index is 0.0828. The van der Waals surface area contributed by atoms with Gasteiger partial charge in [0.1, 0.15) is 0 Å². The zero-order chi connectivity index (χ0) is 19.8. The van der Waals surface area contributed by atoms with Crippen molar-refractivity contribution in [1.82, 2.24) is 5.32 Å². The van der Waals surface area contributed by atoms with E-state index in [4.69, 9.17) is 4.74 Å². The molecule has 1 saturated heterocycles. The minimum Gasteiger partial charge on any atom is -0.376 e. The van der Waals surface area contributed by atoms with Gasteiger partial charge in [-0.05, 0) is 36.6 Å². The molecule has 2 aromatic carbocycles. The Kier molecular flexibility index (Phi) is 7.94. The predicted octanol–water partition coefficient (Wildman–Crippen LogP) is 4.23. The van der Waals surface area contributed by atoms with Gasteiger partial charge >= 0.3 is 0 Å². The molecule has 0 bridgehead atoms. The number of para-hydroxylation sites is 1. The summed E-state index contributed by atoms with van der Waals surface area (Å²) in [6, 6.07) is 15.0. The fraction of sp³-hybridized carbons (Fsp3) is 0.333. The summed E-state index contributed by atoms with van der Waals surface area (Å²) >= 11 is 5.04. The fourth-order valence-corrected chi connectivity index (χ4v) is 4.39. The van der Waals surface area contributed by atoms with Gasteiger partial charge in [-0.2, -0.15) is 0 Å². The molecule has 5 nitrogen and oxygen atoms in total. The van der Waals surface area contributed by atoms with Gasteiger partial charge in [0, 0.05) is 23.4 Å². The summed E-state index contributed by atoms with van der Waals surface area (Å²) in [5.74, 6) is 0.717. The molecule has 1 fully saturated rings. The van der Waals surface area contributed by atoms with Gasteiger partial charge in [-0.15, -0.1) is 11.8 Å². The van der Waals surface area contributed by atoms with Crippen molar-refractivity contribution in [1.29, 1.82) is 0 Å². The van der Waals surface area contributed by atoms with E-state index >= 15 is 0 Å². The second-order valence-corrected chi connectivity index (χ2v) is 8.36. The van der Waals surface area contributed by atoms with Crippen LogP contribution in [0.25, 0.3) is 0 Å². The smallest absolute Gasteiger partial charge is 0.253 e. The lowest BCUT2D eigenvalue weighted by Gasteiger charge is -2.14. The molecule has 0 spiro atoms. The first-order valence-electron chi connectivity index (χ1n) is 9.23. The van der Waals surface area contributed by atoms with E-state index in [0.29, 0.717) is 23.5 Å². The molecule has 1 aliphatic heterocycles. The van der Waals surface area contributed by atoms with Crippen LogP contribution in [0.1, 0.15) is 28.8 Å². The Morgan fingerprint density at radius 3 is 2.71 bits per heavy atom. The molecule has 1 atom stereocenters. The molecule has 0 aromatic heterocycles. The van der Waals surface area contributed by atoms with Crippen molar-refractivity contribution < 1.29 is 14.3 Å². The first kappa shape index (κ1) is 20.9. The van der Waals surface area contributed by atoms with Crippen molar-refractivity contribution in [2.45, 2.75) is 24.7 Å². The second-order valence-electron chi connectivity index (χ2n) is 6.52. The average Bonchev–Trinajstić information content (AvgIpc) is 3.22. The van der Waals surface area contributed by atoms with Gasteiger partial charge in [-0.3, -0.25) is 9.59 Å². The summed E-state index contributed by atoms with van der Waals surface area (Å²) < 4.78 is 6.57. The van der Waals surface area contributed by atoms with Crippen molar-refractivity contribution >= 4 is 45.2 Å². The highest BCUT2D eigenvalue weighted by molar-refractivity contribution is 9.10. The highest BCUT2D eigenvalue weighted by atomic mass is 79.9. The van der Waals surface area contributed by atoms with Gasteiger partial charge in [0.15, 0.2) is 0 Å². The molecular formula is C21H23BrN2O3S. The number of hydrogen-bond acceptors (Lipinski definition) is 4.